The Hall–Kier alpha value is -1.09. The molecule has 0 aromatic carbocycles. The molecule has 1 aliphatic rings. The molecular formula is C13H20O3. The highest BCUT2D eigenvalue weighted by Crippen LogP contribution is 2.32. The second-order valence-electron chi connectivity index (χ2n) is 4.06. The Morgan fingerprint density at radius 3 is 2.56 bits per heavy atom. The summed E-state index contributed by atoms with van der Waals surface area (Å²) >= 11 is 0. The van der Waals surface area contributed by atoms with E-state index in [2.05, 4.69) is 6.92 Å². The standard InChI is InChI=1S/C13H20O3/c1-4-6-8-11-10(7-5-2)12(9(3)14)13(15)16-11/h8-9,14H,4-7H2,1-3H3/b11-8-. The van der Waals surface area contributed by atoms with Gasteiger partial charge in [0.05, 0.1) is 11.7 Å². The maximum absolute atomic E-state index is 11.6. The van der Waals surface area contributed by atoms with Crippen molar-refractivity contribution in [2.45, 2.75) is 52.6 Å². The molecule has 0 aromatic heterocycles. The van der Waals surface area contributed by atoms with Gasteiger partial charge in [0.15, 0.2) is 0 Å². The number of hydrogen-bond acceptors (Lipinski definition) is 3. The van der Waals surface area contributed by atoms with E-state index in [0.717, 1.165) is 31.3 Å². The summed E-state index contributed by atoms with van der Waals surface area (Å²) in [6, 6.07) is 0. The molecule has 1 heterocycles. The SMILES string of the molecule is CCC/C=C1\OC(=O)C(C(C)O)=C1CCC. The van der Waals surface area contributed by atoms with E-state index in [1.54, 1.807) is 6.92 Å². The van der Waals surface area contributed by atoms with Gasteiger partial charge in [0.1, 0.15) is 5.76 Å². The largest absolute Gasteiger partial charge is 0.423 e. The molecular weight excluding hydrogens is 204 g/mol. The average molecular weight is 224 g/mol. The summed E-state index contributed by atoms with van der Waals surface area (Å²) in [5.41, 5.74) is 1.32. The van der Waals surface area contributed by atoms with E-state index in [-0.39, 0.29) is 5.97 Å². The van der Waals surface area contributed by atoms with Gasteiger partial charge >= 0.3 is 5.97 Å². The van der Waals surface area contributed by atoms with Crippen LogP contribution in [-0.2, 0) is 9.53 Å². The van der Waals surface area contributed by atoms with Gasteiger partial charge in [-0.1, -0.05) is 26.7 Å². The Labute approximate surface area is 96.8 Å². The van der Waals surface area contributed by atoms with Crippen LogP contribution in [0.2, 0.25) is 0 Å². The molecule has 0 aromatic rings. The monoisotopic (exact) mass is 224 g/mol. The number of aliphatic hydroxyl groups is 1. The van der Waals surface area contributed by atoms with Crippen molar-refractivity contribution in [3.63, 3.8) is 0 Å². The van der Waals surface area contributed by atoms with Gasteiger partial charge in [0, 0.05) is 5.57 Å². The number of carbonyl (C=O) groups excluding carboxylic acids is 1. The quantitative estimate of drug-likeness (QED) is 0.730. The molecule has 0 bridgehead atoms. The van der Waals surface area contributed by atoms with Gasteiger partial charge in [-0.3, -0.25) is 0 Å². The van der Waals surface area contributed by atoms with Crippen LogP contribution in [0.15, 0.2) is 23.0 Å². The Balaban J connectivity index is 3.02. The fourth-order valence-corrected chi connectivity index (χ4v) is 1.84. The minimum Gasteiger partial charge on any atom is -0.423 e. The van der Waals surface area contributed by atoms with Crippen LogP contribution in [0, 0.1) is 0 Å². The van der Waals surface area contributed by atoms with Crippen LogP contribution in [0.1, 0.15) is 46.5 Å². The van der Waals surface area contributed by atoms with Gasteiger partial charge in [-0.15, -0.1) is 0 Å². The van der Waals surface area contributed by atoms with Crippen LogP contribution in [0.3, 0.4) is 0 Å². The number of allylic oxidation sites excluding steroid dienone is 2. The van der Waals surface area contributed by atoms with Crippen molar-refractivity contribution in [3.05, 3.63) is 23.0 Å². The minimum atomic E-state index is -0.749. The predicted molar refractivity (Wildman–Crippen MR) is 62.7 cm³/mol. The second kappa shape index (κ2) is 5.85. The van der Waals surface area contributed by atoms with E-state index in [0.29, 0.717) is 11.3 Å². The van der Waals surface area contributed by atoms with Crippen molar-refractivity contribution in [1.29, 1.82) is 0 Å². The molecule has 0 saturated heterocycles. The van der Waals surface area contributed by atoms with Crippen molar-refractivity contribution in [2.24, 2.45) is 0 Å². The summed E-state index contributed by atoms with van der Waals surface area (Å²) in [6.07, 6.45) is 4.82. The van der Waals surface area contributed by atoms with Crippen LogP contribution in [0.25, 0.3) is 0 Å². The highest BCUT2D eigenvalue weighted by molar-refractivity contribution is 5.95. The molecule has 0 aliphatic carbocycles. The lowest BCUT2D eigenvalue weighted by Crippen LogP contribution is -2.12. The molecule has 90 valence electrons. The third-order valence-electron chi connectivity index (χ3n) is 2.58. The zero-order valence-electron chi connectivity index (χ0n) is 10.2. The third-order valence-corrected chi connectivity index (χ3v) is 2.58. The number of aliphatic hydroxyl groups excluding tert-OH is 1. The number of ether oxygens (including phenoxy) is 1. The molecule has 1 atom stereocenters. The van der Waals surface area contributed by atoms with Crippen molar-refractivity contribution in [3.8, 4) is 0 Å². The zero-order chi connectivity index (χ0) is 12.1. The zero-order valence-corrected chi connectivity index (χ0v) is 10.2. The topological polar surface area (TPSA) is 46.5 Å². The van der Waals surface area contributed by atoms with Gasteiger partial charge in [0.25, 0.3) is 0 Å². The van der Waals surface area contributed by atoms with Crippen LogP contribution < -0.4 is 0 Å². The smallest absolute Gasteiger partial charge is 0.342 e. The van der Waals surface area contributed by atoms with Gasteiger partial charge in [-0.2, -0.15) is 0 Å². The first kappa shape index (κ1) is 13.0. The Morgan fingerprint density at radius 2 is 2.06 bits per heavy atom. The number of cyclic esters (lactones) is 1. The first-order valence-electron chi connectivity index (χ1n) is 5.95. The normalized spacial score (nSPS) is 20.5. The predicted octanol–water partition coefficient (Wildman–Crippen LogP) is 2.70. The number of unbranched alkanes of at least 4 members (excludes halogenated alkanes) is 1. The van der Waals surface area contributed by atoms with Crippen molar-refractivity contribution >= 4 is 5.97 Å². The molecule has 0 amide bonds. The highest BCUT2D eigenvalue weighted by Gasteiger charge is 2.31. The first-order chi connectivity index (χ1) is 7.61. The summed E-state index contributed by atoms with van der Waals surface area (Å²) in [5.74, 6) is 0.269. The number of carbonyl (C=O) groups is 1. The summed E-state index contributed by atoms with van der Waals surface area (Å²) in [6.45, 7) is 5.73. The van der Waals surface area contributed by atoms with E-state index < -0.39 is 6.10 Å². The maximum Gasteiger partial charge on any atom is 0.342 e. The Kier molecular flexibility index (Phi) is 4.74. The van der Waals surface area contributed by atoms with Crippen LogP contribution >= 0.6 is 0 Å². The molecule has 0 spiro atoms. The van der Waals surface area contributed by atoms with Crippen LogP contribution in [0.5, 0.6) is 0 Å². The first-order valence-corrected chi connectivity index (χ1v) is 5.95. The summed E-state index contributed by atoms with van der Waals surface area (Å²) in [5, 5.41) is 9.58. The van der Waals surface area contributed by atoms with Crippen molar-refractivity contribution in [2.75, 3.05) is 0 Å². The van der Waals surface area contributed by atoms with Crippen LogP contribution in [-0.4, -0.2) is 17.2 Å². The molecule has 16 heavy (non-hydrogen) atoms. The summed E-state index contributed by atoms with van der Waals surface area (Å²) < 4.78 is 5.19. The average Bonchev–Trinajstić information content (AvgIpc) is 2.52. The molecule has 0 radical (unpaired) electrons. The van der Waals surface area contributed by atoms with Gasteiger partial charge in [-0.05, 0) is 25.8 Å². The van der Waals surface area contributed by atoms with E-state index >= 15 is 0 Å². The number of esters is 1. The van der Waals surface area contributed by atoms with Gasteiger partial charge in [-0.25, -0.2) is 4.79 Å². The number of hydrogen-bond donors (Lipinski definition) is 1. The van der Waals surface area contributed by atoms with Crippen LogP contribution in [0.4, 0.5) is 0 Å². The molecule has 0 fully saturated rings. The molecule has 1 rings (SSSR count). The van der Waals surface area contributed by atoms with Crippen molar-refractivity contribution in [1.82, 2.24) is 0 Å². The molecule has 3 heteroatoms. The lowest BCUT2D eigenvalue weighted by molar-refractivity contribution is -0.134. The van der Waals surface area contributed by atoms with E-state index in [9.17, 15) is 9.90 Å². The van der Waals surface area contributed by atoms with E-state index in [1.165, 1.54) is 0 Å². The summed E-state index contributed by atoms with van der Waals surface area (Å²) in [7, 11) is 0. The maximum atomic E-state index is 11.6. The second-order valence-corrected chi connectivity index (χ2v) is 4.06. The van der Waals surface area contributed by atoms with Gasteiger partial charge in [0.2, 0.25) is 0 Å². The molecule has 1 N–H and O–H groups in total. The van der Waals surface area contributed by atoms with E-state index in [4.69, 9.17) is 4.74 Å². The number of rotatable bonds is 5. The fourth-order valence-electron chi connectivity index (χ4n) is 1.84. The lowest BCUT2D eigenvalue weighted by Gasteiger charge is -2.05. The van der Waals surface area contributed by atoms with E-state index in [1.807, 2.05) is 13.0 Å². The lowest BCUT2D eigenvalue weighted by atomic mass is 10.00. The molecule has 3 nitrogen and oxygen atoms in total. The molecule has 0 saturated carbocycles. The Morgan fingerprint density at radius 1 is 1.38 bits per heavy atom. The molecule has 1 unspecified atom stereocenters. The third kappa shape index (κ3) is 2.73. The fraction of sp³-hybridized carbons (Fsp3) is 0.615. The Bertz CT molecular complexity index is 324. The van der Waals surface area contributed by atoms with Gasteiger partial charge < -0.3 is 9.84 Å². The molecule has 1 aliphatic heterocycles. The minimum absolute atomic E-state index is 0.388. The van der Waals surface area contributed by atoms with Crippen molar-refractivity contribution < 1.29 is 14.6 Å². The summed E-state index contributed by atoms with van der Waals surface area (Å²) in [4.78, 5) is 11.6. The highest BCUT2D eigenvalue weighted by atomic mass is 16.5.